The van der Waals surface area contributed by atoms with Crippen molar-refractivity contribution in [3.63, 3.8) is 0 Å². The lowest BCUT2D eigenvalue weighted by Gasteiger charge is -2.43. The molecule has 3 N–H and O–H groups in total. The molecule has 3 rings (SSSR count). The van der Waals surface area contributed by atoms with Gasteiger partial charge in [0.25, 0.3) is 11.6 Å². The quantitative estimate of drug-likeness (QED) is 0.640. The van der Waals surface area contributed by atoms with E-state index < -0.39 is 17.7 Å². The molecule has 0 unspecified atom stereocenters. The second-order valence-corrected chi connectivity index (χ2v) is 8.37. The molecule has 7 nitrogen and oxygen atoms in total. The second-order valence-electron chi connectivity index (χ2n) is 7.46. The number of urea groups is 1. The Morgan fingerprint density at radius 3 is 2.59 bits per heavy atom. The highest BCUT2D eigenvalue weighted by Crippen LogP contribution is 2.41. The topological polar surface area (TPSA) is 84.9 Å². The summed E-state index contributed by atoms with van der Waals surface area (Å²) in [4.78, 5) is 29.3. The van der Waals surface area contributed by atoms with Gasteiger partial charge in [-0.15, -0.1) is 0 Å². The molecule has 154 valence electrons. The molecule has 0 aromatic heterocycles. The van der Waals surface area contributed by atoms with Gasteiger partial charge in [0.1, 0.15) is 0 Å². The smallest absolute Gasteiger partial charge is 0.329 e. The van der Waals surface area contributed by atoms with E-state index in [-0.39, 0.29) is 0 Å². The molecule has 0 bridgehead atoms. The summed E-state index contributed by atoms with van der Waals surface area (Å²) in [6.07, 6.45) is 0. The summed E-state index contributed by atoms with van der Waals surface area (Å²) in [5.41, 5.74) is 0.922. The van der Waals surface area contributed by atoms with Crippen LogP contribution in [0.3, 0.4) is 0 Å². The standard InChI is InChI=1S/C21H25BrN4O3/c1-13-5-7-16(11-14(13)2)26-20(28)24-18-8-6-15(22)12-17(18)21(26,29)19(27)23-9-10-25(3)4/h5-8,11-12,29H,9-10H2,1-4H3,(H,23,27)(H,24,28)/t21-/m0/s1. The van der Waals surface area contributed by atoms with E-state index >= 15 is 0 Å². The number of rotatable bonds is 5. The average Bonchev–Trinajstić information content (AvgIpc) is 2.65. The lowest BCUT2D eigenvalue weighted by atomic mass is 9.94. The Bertz CT molecular complexity index is 963. The molecule has 0 radical (unpaired) electrons. The summed E-state index contributed by atoms with van der Waals surface area (Å²) in [6, 6.07) is 9.85. The van der Waals surface area contributed by atoms with Crippen molar-refractivity contribution >= 4 is 39.2 Å². The molecule has 0 saturated carbocycles. The van der Waals surface area contributed by atoms with E-state index in [2.05, 4.69) is 26.6 Å². The van der Waals surface area contributed by atoms with Crippen molar-refractivity contribution in [3.05, 3.63) is 57.6 Å². The molecule has 0 spiro atoms. The summed E-state index contributed by atoms with van der Waals surface area (Å²) in [5.74, 6) is -0.660. The van der Waals surface area contributed by atoms with E-state index in [1.165, 1.54) is 0 Å². The monoisotopic (exact) mass is 460 g/mol. The van der Waals surface area contributed by atoms with E-state index in [9.17, 15) is 14.7 Å². The molecule has 3 amide bonds. The predicted molar refractivity (Wildman–Crippen MR) is 117 cm³/mol. The summed E-state index contributed by atoms with van der Waals surface area (Å²) in [7, 11) is 3.78. The number of hydrogen-bond donors (Lipinski definition) is 3. The maximum Gasteiger partial charge on any atom is 0.329 e. The zero-order chi connectivity index (χ0) is 21.3. The number of halogens is 1. The third kappa shape index (κ3) is 4.01. The van der Waals surface area contributed by atoms with Gasteiger partial charge in [-0.05, 0) is 69.4 Å². The van der Waals surface area contributed by atoms with Crippen molar-refractivity contribution in [3.8, 4) is 0 Å². The second kappa shape index (κ2) is 8.14. The van der Waals surface area contributed by atoms with E-state index in [0.717, 1.165) is 16.0 Å². The number of fused-ring (bicyclic) bond motifs is 1. The van der Waals surface area contributed by atoms with Crippen LogP contribution in [0.5, 0.6) is 0 Å². The maximum absolute atomic E-state index is 13.2. The normalized spacial score (nSPS) is 18.4. The number of nitrogens with zero attached hydrogens (tertiary/aromatic N) is 2. The number of aryl methyl sites for hydroxylation is 2. The Morgan fingerprint density at radius 2 is 1.93 bits per heavy atom. The Kier molecular flexibility index (Phi) is 5.97. The molecule has 1 atom stereocenters. The molecular formula is C21H25BrN4O3. The van der Waals surface area contributed by atoms with Crippen LogP contribution in [0.2, 0.25) is 0 Å². The van der Waals surface area contributed by atoms with Crippen LogP contribution in [0.4, 0.5) is 16.2 Å². The lowest BCUT2D eigenvalue weighted by molar-refractivity contribution is -0.140. The molecule has 0 fully saturated rings. The zero-order valence-corrected chi connectivity index (χ0v) is 18.5. The van der Waals surface area contributed by atoms with Crippen molar-refractivity contribution in [1.29, 1.82) is 0 Å². The maximum atomic E-state index is 13.2. The SMILES string of the molecule is Cc1ccc(N2C(=O)Nc3ccc(Br)cc3[C@]2(O)C(=O)NCCN(C)C)cc1C. The van der Waals surface area contributed by atoms with E-state index in [1.54, 1.807) is 30.3 Å². The minimum atomic E-state index is -2.20. The van der Waals surface area contributed by atoms with Gasteiger partial charge in [-0.1, -0.05) is 22.0 Å². The molecule has 8 heteroatoms. The van der Waals surface area contributed by atoms with Crippen LogP contribution in [0.1, 0.15) is 16.7 Å². The van der Waals surface area contributed by atoms with Crippen molar-refractivity contribution in [2.45, 2.75) is 19.6 Å². The van der Waals surface area contributed by atoms with E-state index in [0.29, 0.717) is 34.5 Å². The molecule has 2 aromatic rings. The first-order chi connectivity index (χ1) is 13.6. The first-order valence-electron chi connectivity index (χ1n) is 9.28. The Balaban J connectivity index is 2.13. The van der Waals surface area contributed by atoms with Crippen molar-refractivity contribution in [2.75, 3.05) is 37.4 Å². The highest BCUT2D eigenvalue weighted by atomic mass is 79.9. The number of carbonyl (C=O) groups is 2. The fraction of sp³-hybridized carbons (Fsp3) is 0.333. The molecule has 29 heavy (non-hydrogen) atoms. The molecule has 0 saturated heterocycles. The zero-order valence-electron chi connectivity index (χ0n) is 16.9. The number of anilines is 2. The van der Waals surface area contributed by atoms with Gasteiger partial charge in [0.05, 0.1) is 5.69 Å². The number of amides is 3. The van der Waals surface area contributed by atoms with E-state index in [1.807, 2.05) is 38.9 Å². The van der Waals surface area contributed by atoms with Gasteiger partial charge in [-0.25, -0.2) is 4.79 Å². The van der Waals surface area contributed by atoms with Gasteiger partial charge < -0.3 is 20.6 Å². The number of nitrogens with one attached hydrogen (secondary N) is 2. The number of aliphatic hydroxyl groups is 1. The van der Waals surface area contributed by atoms with Gasteiger partial charge >= 0.3 is 6.03 Å². The summed E-state index contributed by atoms with van der Waals surface area (Å²) in [5, 5.41) is 17.3. The van der Waals surface area contributed by atoms with Crippen LogP contribution in [0, 0.1) is 13.8 Å². The van der Waals surface area contributed by atoms with Crippen molar-refractivity contribution < 1.29 is 14.7 Å². The largest absolute Gasteiger partial charge is 0.359 e. The van der Waals surface area contributed by atoms with Crippen LogP contribution in [-0.4, -0.2) is 49.1 Å². The van der Waals surface area contributed by atoms with Crippen LogP contribution in [-0.2, 0) is 10.5 Å². The van der Waals surface area contributed by atoms with Crippen LogP contribution in [0.25, 0.3) is 0 Å². The third-order valence-electron chi connectivity index (χ3n) is 5.04. The van der Waals surface area contributed by atoms with Crippen LogP contribution >= 0.6 is 15.9 Å². The van der Waals surface area contributed by atoms with Crippen molar-refractivity contribution in [1.82, 2.24) is 10.2 Å². The van der Waals surface area contributed by atoms with E-state index in [4.69, 9.17) is 0 Å². The molecule has 1 aliphatic heterocycles. The molecule has 1 heterocycles. The average molecular weight is 461 g/mol. The number of benzene rings is 2. The first kappa shape index (κ1) is 21.3. The Hall–Kier alpha value is -2.42. The van der Waals surface area contributed by atoms with Gasteiger partial charge in [0.15, 0.2) is 0 Å². The van der Waals surface area contributed by atoms with Crippen molar-refractivity contribution in [2.24, 2.45) is 0 Å². The fourth-order valence-electron chi connectivity index (χ4n) is 3.26. The van der Waals surface area contributed by atoms with Gasteiger partial charge in [0, 0.05) is 28.8 Å². The Labute approximate surface area is 178 Å². The number of hydrogen-bond acceptors (Lipinski definition) is 4. The lowest BCUT2D eigenvalue weighted by Crippen LogP contribution is -2.63. The summed E-state index contributed by atoms with van der Waals surface area (Å²) >= 11 is 3.39. The molecule has 2 aromatic carbocycles. The molecule has 1 aliphatic rings. The fourth-order valence-corrected chi connectivity index (χ4v) is 3.62. The van der Waals surface area contributed by atoms with Gasteiger partial charge in [-0.3, -0.25) is 9.69 Å². The number of carbonyl (C=O) groups excluding carboxylic acids is 2. The predicted octanol–water partition coefficient (Wildman–Crippen LogP) is 2.94. The highest BCUT2D eigenvalue weighted by Gasteiger charge is 2.52. The highest BCUT2D eigenvalue weighted by molar-refractivity contribution is 9.10. The van der Waals surface area contributed by atoms with Gasteiger partial charge in [0.2, 0.25) is 0 Å². The summed E-state index contributed by atoms with van der Waals surface area (Å²) in [6.45, 7) is 4.81. The molecular weight excluding hydrogens is 436 g/mol. The third-order valence-corrected chi connectivity index (χ3v) is 5.53. The number of likely N-dealkylation sites (N-methyl/N-ethyl adjacent to an activating group) is 1. The van der Waals surface area contributed by atoms with Gasteiger partial charge in [-0.2, -0.15) is 0 Å². The first-order valence-corrected chi connectivity index (χ1v) is 10.1. The minimum absolute atomic E-state index is 0.298. The van der Waals surface area contributed by atoms with Crippen LogP contribution < -0.4 is 15.5 Å². The summed E-state index contributed by atoms with van der Waals surface area (Å²) < 4.78 is 0.687. The minimum Gasteiger partial charge on any atom is -0.359 e. The Morgan fingerprint density at radius 1 is 1.21 bits per heavy atom. The molecule has 0 aliphatic carbocycles. The van der Waals surface area contributed by atoms with Crippen LogP contribution in [0.15, 0.2) is 40.9 Å².